The normalized spacial score (nSPS) is 13.7. The van der Waals surface area contributed by atoms with Gasteiger partial charge in [-0.25, -0.2) is 8.42 Å². The third-order valence-corrected chi connectivity index (χ3v) is 5.05. The van der Waals surface area contributed by atoms with Crippen LogP contribution in [0.3, 0.4) is 0 Å². The van der Waals surface area contributed by atoms with Crippen molar-refractivity contribution in [1.29, 1.82) is 0 Å². The summed E-state index contributed by atoms with van der Waals surface area (Å²) in [6.45, 7) is 4.94. The van der Waals surface area contributed by atoms with Gasteiger partial charge in [-0.3, -0.25) is 4.68 Å². The van der Waals surface area contributed by atoms with Gasteiger partial charge in [0, 0.05) is 25.8 Å². The third-order valence-electron chi connectivity index (χ3n) is 3.13. The maximum absolute atomic E-state index is 11.6. The van der Waals surface area contributed by atoms with Crippen molar-refractivity contribution >= 4 is 25.8 Å². The molecular formula is C13H24BrN3O2S. The molecule has 7 heteroatoms. The second-order valence-corrected chi connectivity index (χ2v) is 8.11. The number of halogens is 1. The first-order chi connectivity index (χ1) is 9.28. The zero-order valence-electron chi connectivity index (χ0n) is 12.6. The molecular weight excluding hydrogens is 342 g/mol. The fourth-order valence-corrected chi connectivity index (χ4v) is 3.92. The standard InChI is InChI=1S/C13H24BrN3O2S/c1-5-7-15-10(9-20(4,18)19)8-12-13(14)11(6-2)16-17(12)3/h10,15H,5-9H2,1-4H3. The molecule has 116 valence electrons. The summed E-state index contributed by atoms with van der Waals surface area (Å²) in [6, 6.07) is -0.0821. The Morgan fingerprint density at radius 2 is 2.05 bits per heavy atom. The van der Waals surface area contributed by atoms with Crippen LogP contribution in [0.5, 0.6) is 0 Å². The Morgan fingerprint density at radius 1 is 1.40 bits per heavy atom. The van der Waals surface area contributed by atoms with Crippen molar-refractivity contribution in [1.82, 2.24) is 15.1 Å². The van der Waals surface area contributed by atoms with E-state index in [2.05, 4.69) is 40.2 Å². The largest absolute Gasteiger partial charge is 0.313 e. The molecule has 0 bridgehead atoms. The molecule has 0 saturated carbocycles. The van der Waals surface area contributed by atoms with E-state index >= 15 is 0 Å². The lowest BCUT2D eigenvalue weighted by Crippen LogP contribution is -2.38. The fraction of sp³-hybridized carbons (Fsp3) is 0.769. The van der Waals surface area contributed by atoms with Gasteiger partial charge in [0.05, 0.1) is 21.6 Å². The maximum atomic E-state index is 11.6. The zero-order chi connectivity index (χ0) is 15.3. The molecule has 1 aromatic heterocycles. The lowest BCUT2D eigenvalue weighted by atomic mass is 10.1. The minimum absolute atomic E-state index is 0.0821. The summed E-state index contributed by atoms with van der Waals surface area (Å²) in [5.74, 6) is 0.145. The first kappa shape index (κ1) is 17.7. The average molecular weight is 366 g/mol. The van der Waals surface area contributed by atoms with Crippen molar-refractivity contribution < 1.29 is 8.42 Å². The molecule has 1 N–H and O–H groups in total. The minimum Gasteiger partial charge on any atom is -0.313 e. The topological polar surface area (TPSA) is 64.0 Å². The molecule has 0 radical (unpaired) electrons. The van der Waals surface area contributed by atoms with Crippen LogP contribution in [-0.2, 0) is 29.7 Å². The molecule has 0 spiro atoms. The Balaban J connectivity index is 2.91. The number of nitrogens with one attached hydrogen (secondary N) is 1. The van der Waals surface area contributed by atoms with Crippen LogP contribution in [0.15, 0.2) is 4.47 Å². The summed E-state index contributed by atoms with van der Waals surface area (Å²) >= 11 is 3.58. The maximum Gasteiger partial charge on any atom is 0.148 e. The Kier molecular flexibility index (Phi) is 6.68. The predicted octanol–water partition coefficient (Wildman–Crippen LogP) is 1.70. The Morgan fingerprint density at radius 3 is 2.50 bits per heavy atom. The SMILES string of the molecule is CCCNC(Cc1c(Br)c(CC)nn1C)CS(C)(=O)=O. The van der Waals surface area contributed by atoms with Crippen molar-refractivity contribution in [3.63, 3.8) is 0 Å². The zero-order valence-corrected chi connectivity index (χ0v) is 15.0. The molecule has 0 aliphatic heterocycles. The minimum atomic E-state index is -3.01. The van der Waals surface area contributed by atoms with Crippen molar-refractivity contribution in [2.75, 3.05) is 18.6 Å². The molecule has 0 amide bonds. The lowest BCUT2D eigenvalue weighted by Gasteiger charge is -2.18. The van der Waals surface area contributed by atoms with Crippen LogP contribution in [0.1, 0.15) is 31.7 Å². The first-order valence-corrected chi connectivity index (χ1v) is 9.75. The van der Waals surface area contributed by atoms with E-state index in [1.165, 1.54) is 6.26 Å². The van der Waals surface area contributed by atoms with Gasteiger partial charge in [0.1, 0.15) is 9.84 Å². The highest BCUT2D eigenvalue weighted by molar-refractivity contribution is 9.10. The molecule has 5 nitrogen and oxygen atoms in total. The fourth-order valence-electron chi connectivity index (χ4n) is 2.18. The molecule has 0 saturated heterocycles. The van der Waals surface area contributed by atoms with Crippen LogP contribution in [0.2, 0.25) is 0 Å². The van der Waals surface area contributed by atoms with E-state index in [-0.39, 0.29) is 11.8 Å². The Labute approximate surface area is 130 Å². The quantitative estimate of drug-likeness (QED) is 0.761. The number of aromatic nitrogens is 2. The number of nitrogens with zero attached hydrogens (tertiary/aromatic N) is 2. The second-order valence-electron chi connectivity index (χ2n) is 5.13. The smallest absolute Gasteiger partial charge is 0.148 e. The van der Waals surface area contributed by atoms with E-state index in [4.69, 9.17) is 0 Å². The molecule has 1 unspecified atom stereocenters. The van der Waals surface area contributed by atoms with Crippen LogP contribution in [0.4, 0.5) is 0 Å². The molecule has 1 rings (SSSR count). The number of sulfone groups is 1. The highest BCUT2D eigenvalue weighted by Crippen LogP contribution is 2.23. The highest BCUT2D eigenvalue weighted by Gasteiger charge is 2.20. The van der Waals surface area contributed by atoms with E-state index in [1.54, 1.807) is 0 Å². The Hall–Kier alpha value is -0.400. The van der Waals surface area contributed by atoms with Crippen LogP contribution < -0.4 is 5.32 Å². The van der Waals surface area contributed by atoms with E-state index < -0.39 is 9.84 Å². The highest BCUT2D eigenvalue weighted by atomic mass is 79.9. The van der Waals surface area contributed by atoms with Gasteiger partial charge in [0.25, 0.3) is 0 Å². The molecule has 0 aliphatic rings. The van der Waals surface area contributed by atoms with Crippen LogP contribution in [0.25, 0.3) is 0 Å². The van der Waals surface area contributed by atoms with Gasteiger partial charge in [-0.15, -0.1) is 0 Å². The summed E-state index contributed by atoms with van der Waals surface area (Å²) in [6.07, 6.45) is 3.77. The van der Waals surface area contributed by atoms with Crippen molar-refractivity contribution in [2.24, 2.45) is 7.05 Å². The van der Waals surface area contributed by atoms with E-state index in [1.807, 2.05) is 11.7 Å². The molecule has 1 atom stereocenters. The predicted molar refractivity (Wildman–Crippen MR) is 85.8 cm³/mol. The third kappa shape index (κ3) is 5.18. The summed E-state index contributed by atoms with van der Waals surface area (Å²) in [5, 5.41) is 7.77. The van der Waals surface area contributed by atoms with Crippen molar-refractivity contribution in [2.45, 2.75) is 39.2 Å². The van der Waals surface area contributed by atoms with Crippen LogP contribution in [-0.4, -0.2) is 42.8 Å². The summed E-state index contributed by atoms with van der Waals surface area (Å²) in [4.78, 5) is 0. The summed E-state index contributed by atoms with van der Waals surface area (Å²) < 4.78 is 25.9. The molecule has 1 heterocycles. The van der Waals surface area contributed by atoms with Crippen molar-refractivity contribution in [3.8, 4) is 0 Å². The molecule has 1 aromatic rings. The lowest BCUT2D eigenvalue weighted by molar-refractivity contribution is 0.515. The van der Waals surface area contributed by atoms with Crippen LogP contribution in [0, 0.1) is 0 Å². The Bertz CT molecular complexity index is 540. The molecule has 0 aromatic carbocycles. The molecule has 20 heavy (non-hydrogen) atoms. The van der Waals surface area contributed by atoms with Gasteiger partial charge in [-0.05, 0) is 35.3 Å². The second kappa shape index (κ2) is 7.56. The monoisotopic (exact) mass is 365 g/mol. The number of hydrogen-bond acceptors (Lipinski definition) is 4. The number of aryl methyl sites for hydroxylation is 2. The van der Waals surface area contributed by atoms with Gasteiger partial charge in [0.2, 0.25) is 0 Å². The van der Waals surface area contributed by atoms with Gasteiger partial charge in [-0.2, -0.15) is 5.10 Å². The summed E-state index contributed by atoms with van der Waals surface area (Å²) in [5.41, 5.74) is 2.05. The van der Waals surface area contributed by atoms with E-state index in [0.717, 1.165) is 35.2 Å². The number of rotatable bonds is 8. The van der Waals surface area contributed by atoms with Gasteiger partial charge in [-0.1, -0.05) is 13.8 Å². The average Bonchev–Trinajstić information content (AvgIpc) is 2.61. The van der Waals surface area contributed by atoms with Gasteiger partial charge < -0.3 is 5.32 Å². The van der Waals surface area contributed by atoms with Crippen molar-refractivity contribution in [3.05, 3.63) is 15.9 Å². The van der Waals surface area contributed by atoms with Crippen LogP contribution >= 0.6 is 15.9 Å². The molecule has 0 fully saturated rings. The first-order valence-electron chi connectivity index (χ1n) is 6.89. The molecule has 0 aliphatic carbocycles. The van der Waals surface area contributed by atoms with Gasteiger partial charge in [0.15, 0.2) is 0 Å². The van der Waals surface area contributed by atoms with E-state index in [9.17, 15) is 8.42 Å². The van der Waals surface area contributed by atoms with E-state index in [0.29, 0.717) is 6.42 Å². The number of hydrogen-bond donors (Lipinski definition) is 1. The summed E-state index contributed by atoms with van der Waals surface area (Å²) in [7, 11) is -1.11. The van der Waals surface area contributed by atoms with Gasteiger partial charge >= 0.3 is 0 Å².